The molecule has 0 radical (unpaired) electrons. The Morgan fingerprint density at radius 2 is 2.35 bits per heavy atom. The third-order valence-electron chi connectivity index (χ3n) is 3.59. The zero-order chi connectivity index (χ0) is 14.2. The Hall–Kier alpha value is -1.50. The fourth-order valence-corrected chi connectivity index (χ4v) is 2.60. The summed E-state index contributed by atoms with van der Waals surface area (Å²) in [5, 5.41) is 0. The van der Waals surface area contributed by atoms with Crippen molar-refractivity contribution in [1.82, 2.24) is 4.90 Å². The lowest BCUT2D eigenvalue weighted by Gasteiger charge is -2.30. The van der Waals surface area contributed by atoms with E-state index in [2.05, 4.69) is 23.7 Å². The summed E-state index contributed by atoms with van der Waals surface area (Å²) < 4.78 is 5.82. The summed E-state index contributed by atoms with van der Waals surface area (Å²) in [7, 11) is 0. The molecule has 3 heteroatoms. The molecule has 1 heterocycles. The van der Waals surface area contributed by atoms with Crippen LogP contribution in [0.3, 0.4) is 0 Å². The molecule has 0 amide bonds. The molecule has 0 saturated carbocycles. The van der Waals surface area contributed by atoms with Gasteiger partial charge in [0.15, 0.2) is 0 Å². The van der Waals surface area contributed by atoms with Crippen LogP contribution in [-0.4, -0.2) is 37.7 Å². The van der Waals surface area contributed by atoms with Gasteiger partial charge in [-0.25, -0.2) is 0 Å². The Balaban J connectivity index is 1.79. The lowest BCUT2D eigenvalue weighted by Crippen LogP contribution is -2.37. The summed E-state index contributed by atoms with van der Waals surface area (Å²) in [5.74, 6) is 7.59. The van der Waals surface area contributed by atoms with Crippen molar-refractivity contribution in [3.63, 3.8) is 0 Å². The van der Waals surface area contributed by atoms with Gasteiger partial charge in [0.25, 0.3) is 0 Å². The number of nitrogens with two attached hydrogens (primary N) is 1. The molecule has 1 fully saturated rings. The van der Waals surface area contributed by atoms with Gasteiger partial charge >= 0.3 is 0 Å². The maximum absolute atomic E-state index is 5.82. The molecular formula is C17H24N2O. The first-order chi connectivity index (χ1) is 9.78. The van der Waals surface area contributed by atoms with Crippen molar-refractivity contribution in [2.45, 2.75) is 19.8 Å². The first-order valence-electron chi connectivity index (χ1n) is 7.42. The van der Waals surface area contributed by atoms with Crippen LogP contribution in [0.1, 0.15) is 25.3 Å². The van der Waals surface area contributed by atoms with Crippen LogP contribution in [0.4, 0.5) is 0 Å². The van der Waals surface area contributed by atoms with Crippen molar-refractivity contribution in [1.29, 1.82) is 0 Å². The molecule has 1 aromatic rings. The first-order valence-corrected chi connectivity index (χ1v) is 7.42. The highest BCUT2D eigenvalue weighted by Gasteiger charge is 2.15. The normalized spacial score (nSPS) is 19.2. The summed E-state index contributed by atoms with van der Waals surface area (Å²) in [4.78, 5) is 2.49. The van der Waals surface area contributed by atoms with E-state index in [1.807, 2.05) is 24.3 Å². The third kappa shape index (κ3) is 4.88. The van der Waals surface area contributed by atoms with Gasteiger partial charge in [0.2, 0.25) is 0 Å². The van der Waals surface area contributed by atoms with E-state index in [1.165, 1.54) is 25.9 Å². The Kier molecular flexibility index (Phi) is 5.91. The van der Waals surface area contributed by atoms with Crippen LogP contribution in [0.25, 0.3) is 0 Å². The molecule has 0 aliphatic carbocycles. The number of likely N-dealkylation sites (tertiary alicyclic amines) is 1. The molecule has 20 heavy (non-hydrogen) atoms. The van der Waals surface area contributed by atoms with Crippen LogP contribution >= 0.6 is 0 Å². The van der Waals surface area contributed by atoms with E-state index in [1.54, 1.807) is 0 Å². The number of ether oxygens (including phenoxy) is 1. The highest BCUT2D eigenvalue weighted by Crippen LogP contribution is 2.16. The van der Waals surface area contributed by atoms with Gasteiger partial charge in [0, 0.05) is 18.7 Å². The van der Waals surface area contributed by atoms with E-state index in [-0.39, 0.29) is 0 Å². The van der Waals surface area contributed by atoms with Crippen LogP contribution in [0.15, 0.2) is 24.3 Å². The highest BCUT2D eigenvalue weighted by molar-refractivity contribution is 5.39. The van der Waals surface area contributed by atoms with Crippen molar-refractivity contribution in [3.05, 3.63) is 29.8 Å². The van der Waals surface area contributed by atoms with Gasteiger partial charge in [-0.15, -0.1) is 0 Å². The minimum Gasteiger partial charge on any atom is -0.492 e. The van der Waals surface area contributed by atoms with E-state index in [0.29, 0.717) is 6.54 Å². The van der Waals surface area contributed by atoms with Crippen molar-refractivity contribution in [2.24, 2.45) is 11.7 Å². The molecule has 1 saturated heterocycles. The zero-order valence-corrected chi connectivity index (χ0v) is 12.3. The molecule has 0 spiro atoms. The average molecular weight is 272 g/mol. The van der Waals surface area contributed by atoms with Crippen molar-refractivity contribution < 1.29 is 4.74 Å². The van der Waals surface area contributed by atoms with E-state index >= 15 is 0 Å². The Morgan fingerprint density at radius 1 is 1.45 bits per heavy atom. The van der Waals surface area contributed by atoms with E-state index in [4.69, 9.17) is 10.5 Å². The minimum atomic E-state index is 0.387. The third-order valence-corrected chi connectivity index (χ3v) is 3.59. The summed E-state index contributed by atoms with van der Waals surface area (Å²) in [6, 6.07) is 7.90. The van der Waals surface area contributed by atoms with Crippen molar-refractivity contribution in [3.8, 4) is 17.6 Å². The van der Waals surface area contributed by atoms with Crippen LogP contribution in [-0.2, 0) is 0 Å². The van der Waals surface area contributed by atoms with Crippen LogP contribution in [0, 0.1) is 17.8 Å². The predicted molar refractivity (Wildman–Crippen MR) is 82.7 cm³/mol. The van der Waals surface area contributed by atoms with Gasteiger partial charge in [0.05, 0.1) is 6.54 Å². The predicted octanol–water partition coefficient (Wildman–Crippen LogP) is 2.11. The number of benzene rings is 1. The topological polar surface area (TPSA) is 38.5 Å². The largest absolute Gasteiger partial charge is 0.492 e. The summed E-state index contributed by atoms with van der Waals surface area (Å²) >= 11 is 0. The lowest BCUT2D eigenvalue weighted by atomic mass is 10.0. The summed E-state index contributed by atoms with van der Waals surface area (Å²) in [6.07, 6.45) is 2.67. The van der Waals surface area contributed by atoms with Crippen LogP contribution < -0.4 is 10.5 Å². The number of piperidine rings is 1. The van der Waals surface area contributed by atoms with Gasteiger partial charge in [-0.2, -0.15) is 0 Å². The average Bonchev–Trinajstić information content (AvgIpc) is 2.46. The maximum Gasteiger partial charge on any atom is 0.120 e. The molecule has 2 N–H and O–H groups in total. The number of nitrogens with zero attached hydrogens (tertiary/aromatic N) is 1. The second kappa shape index (κ2) is 7.94. The van der Waals surface area contributed by atoms with Crippen molar-refractivity contribution in [2.75, 3.05) is 32.8 Å². The molecule has 0 aromatic heterocycles. The summed E-state index contributed by atoms with van der Waals surface area (Å²) in [6.45, 7) is 6.86. The SMILES string of the molecule is CC1CCCN(CCOc2cccc(C#CCN)c2)C1. The maximum atomic E-state index is 5.82. The number of hydrogen-bond acceptors (Lipinski definition) is 3. The van der Waals surface area contributed by atoms with Gasteiger partial charge in [-0.3, -0.25) is 4.90 Å². The van der Waals surface area contributed by atoms with Crippen LogP contribution in [0.5, 0.6) is 5.75 Å². The molecule has 1 atom stereocenters. The van der Waals surface area contributed by atoms with E-state index in [0.717, 1.165) is 30.4 Å². The van der Waals surface area contributed by atoms with Gasteiger partial charge in [0.1, 0.15) is 12.4 Å². The molecule has 0 bridgehead atoms. The minimum absolute atomic E-state index is 0.387. The van der Waals surface area contributed by atoms with Gasteiger partial charge in [-0.05, 0) is 43.5 Å². The van der Waals surface area contributed by atoms with E-state index < -0.39 is 0 Å². The van der Waals surface area contributed by atoms with Crippen molar-refractivity contribution >= 4 is 0 Å². The standard InChI is InChI=1S/C17H24N2O/c1-15-5-4-10-19(14-15)11-12-20-17-8-2-6-16(13-17)7-3-9-18/h2,6,8,13,15H,4-5,9-12,14,18H2,1H3. The van der Waals surface area contributed by atoms with Crippen LogP contribution in [0.2, 0.25) is 0 Å². The Bertz CT molecular complexity index is 475. The monoisotopic (exact) mass is 272 g/mol. The smallest absolute Gasteiger partial charge is 0.120 e. The lowest BCUT2D eigenvalue weighted by molar-refractivity contribution is 0.153. The zero-order valence-electron chi connectivity index (χ0n) is 12.3. The van der Waals surface area contributed by atoms with Gasteiger partial charge < -0.3 is 10.5 Å². The van der Waals surface area contributed by atoms with E-state index in [9.17, 15) is 0 Å². The highest BCUT2D eigenvalue weighted by atomic mass is 16.5. The Labute approximate surface area is 122 Å². The Morgan fingerprint density at radius 3 is 3.15 bits per heavy atom. The number of rotatable bonds is 4. The summed E-state index contributed by atoms with van der Waals surface area (Å²) in [5.41, 5.74) is 6.34. The quantitative estimate of drug-likeness (QED) is 0.853. The first kappa shape index (κ1) is 14.9. The number of hydrogen-bond donors (Lipinski definition) is 1. The fraction of sp³-hybridized carbons (Fsp3) is 0.529. The second-order valence-electron chi connectivity index (χ2n) is 5.43. The fourth-order valence-electron chi connectivity index (χ4n) is 2.60. The molecule has 1 unspecified atom stereocenters. The molecule has 108 valence electrons. The second-order valence-corrected chi connectivity index (χ2v) is 5.43. The molecule has 1 aliphatic heterocycles. The molecule has 1 aliphatic rings. The molecule has 1 aromatic carbocycles. The molecule has 3 nitrogen and oxygen atoms in total. The molecule has 2 rings (SSSR count). The molecular weight excluding hydrogens is 248 g/mol. The van der Waals surface area contributed by atoms with Gasteiger partial charge in [-0.1, -0.05) is 24.8 Å².